The van der Waals surface area contributed by atoms with E-state index in [2.05, 4.69) is 16.5 Å². The van der Waals surface area contributed by atoms with Crippen LogP contribution in [0.1, 0.15) is 24.0 Å². The zero-order valence-corrected chi connectivity index (χ0v) is 9.55. The van der Waals surface area contributed by atoms with Crippen molar-refractivity contribution in [2.45, 2.75) is 25.7 Å². The number of benzene rings is 1. The molecule has 3 nitrogen and oxygen atoms in total. The Bertz CT molecular complexity index is 570. The van der Waals surface area contributed by atoms with Crippen LogP contribution in [0.3, 0.4) is 0 Å². The quantitative estimate of drug-likeness (QED) is 0.760. The lowest BCUT2D eigenvalue weighted by Gasteiger charge is -2.15. The molecule has 0 saturated heterocycles. The first-order valence-electron chi connectivity index (χ1n) is 5.42. The Morgan fingerprint density at radius 1 is 1.19 bits per heavy atom. The van der Waals surface area contributed by atoms with E-state index in [1.165, 1.54) is 24.0 Å². The number of aryl methyl sites for hydroxylation is 2. The predicted octanol–water partition coefficient (Wildman–Crippen LogP) is 2.64. The molecule has 1 aliphatic carbocycles. The fourth-order valence-corrected chi connectivity index (χ4v) is 2.59. The summed E-state index contributed by atoms with van der Waals surface area (Å²) >= 11 is 0.864. The monoisotopic (exact) mass is 233 g/mol. The van der Waals surface area contributed by atoms with E-state index in [-0.39, 0.29) is 4.94 Å². The van der Waals surface area contributed by atoms with E-state index in [0.717, 1.165) is 29.9 Å². The maximum absolute atomic E-state index is 10.9. The van der Waals surface area contributed by atoms with Gasteiger partial charge >= 0.3 is 4.94 Å². The largest absolute Gasteiger partial charge is 0.414 e. The summed E-state index contributed by atoms with van der Waals surface area (Å²) in [4.78, 5) is 10.6. The van der Waals surface area contributed by atoms with E-state index in [0.29, 0.717) is 5.89 Å². The molecule has 82 valence electrons. The van der Waals surface area contributed by atoms with Crippen molar-refractivity contribution in [3.05, 3.63) is 39.1 Å². The fraction of sp³-hybridized carbons (Fsp3) is 0.333. The van der Waals surface area contributed by atoms with Gasteiger partial charge in [-0.15, -0.1) is 4.37 Å². The van der Waals surface area contributed by atoms with Crippen LogP contribution in [-0.2, 0) is 12.8 Å². The predicted molar refractivity (Wildman–Crippen MR) is 62.7 cm³/mol. The Morgan fingerprint density at radius 3 is 2.75 bits per heavy atom. The van der Waals surface area contributed by atoms with Gasteiger partial charge in [0.25, 0.3) is 0 Å². The van der Waals surface area contributed by atoms with Crippen LogP contribution in [0, 0.1) is 0 Å². The van der Waals surface area contributed by atoms with Gasteiger partial charge in [0.2, 0.25) is 5.89 Å². The average Bonchev–Trinajstić information content (AvgIpc) is 2.75. The standard InChI is InChI=1S/C12H11NO2S/c14-12-15-11(13-16-12)10-6-5-8-3-1-2-4-9(8)7-10/h5-7H,1-4H2. The summed E-state index contributed by atoms with van der Waals surface area (Å²) in [5.74, 6) is 0.448. The number of hydrogen-bond donors (Lipinski definition) is 0. The third-order valence-electron chi connectivity index (χ3n) is 2.98. The minimum Gasteiger partial charge on any atom is -0.394 e. The molecule has 0 bridgehead atoms. The second-order valence-electron chi connectivity index (χ2n) is 4.03. The van der Waals surface area contributed by atoms with Crippen LogP contribution in [0.4, 0.5) is 0 Å². The molecule has 16 heavy (non-hydrogen) atoms. The number of nitrogens with zero attached hydrogens (tertiary/aromatic N) is 1. The van der Waals surface area contributed by atoms with Crippen molar-refractivity contribution >= 4 is 11.5 Å². The summed E-state index contributed by atoms with van der Waals surface area (Å²) < 4.78 is 9.01. The average molecular weight is 233 g/mol. The van der Waals surface area contributed by atoms with Gasteiger partial charge in [0.05, 0.1) is 11.5 Å². The molecule has 1 aliphatic rings. The normalized spacial score (nSPS) is 14.8. The Kier molecular flexibility index (Phi) is 2.36. The van der Waals surface area contributed by atoms with E-state index in [4.69, 9.17) is 4.42 Å². The molecule has 3 rings (SSSR count). The van der Waals surface area contributed by atoms with Crippen molar-refractivity contribution in [2.75, 3.05) is 0 Å². The molecule has 0 aliphatic heterocycles. The van der Waals surface area contributed by atoms with Crippen LogP contribution < -0.4 is 4.94 Å². The van der Waals surface area contributed by atoms with Crippen LogP contribution in [0.2, 0.25) is 0 Å². The maximum atomic E-state index is 10.9. The zero-order valence-electron chi connectivity index (χ0n) is 8.73. The van der Waals surface area contributed by atoms with Crippen molar-refractivity contribution in [3.8, 4) is 11.5 Å². The molecule has 0 amide bonds. The highest BCUT2D eigenvalue weighted by atomic mass is 32.1. The summed E-state index contributed by atoms with van der Waals surface area (Å²) in [5.41, 5.74) is 3.71. The van der Waals surface area contributed by atoms with Crippen LogP contribution in [0.15, 0.2) is 27.4 Å². The summed E-state index contributed by atoms with van der Waals surface area (Å²) in [6, 6.07) is 6.22. The van der Waals surface area contributed by atoms with Gasteiger partial charge in [0.1, 0.15) is 0 Å². The minimum atomic E-state index is -0.340. The zero-order chi connectivity index (χ0) is 11.0. The van der Waals surface area contributed by atoms with Gasteiger partial charge in [-0.3, -0.25) is 0 Å². The molecule has 1 aromatic carbocycles. The molecule has 0 N–H and O–H groups in total. The van der Waals surface area contributed by atoms with Crippen LogP contribution >= 0.6 is 11.5 Å². The summed E-state index contributed by atoms with van der Waals surface area (Å²) in [7, 11) is 0. The minimum absolute atomic E-state index is 0.340. The second-order valence-corrected chi connectivity index (χ2v) is 4.73. The summed E-state index contributed by atoms with van der Waals surface area (Å²) in [6.07, 6.45) is 4.81. The van der Waals surface area contributed by atoms with Crippen molar-refractivity contribution < 1.29 is 4.42 Å². The van der Waals surface area contributed by atoms with Crippen LogP contribution in [0.5, 0.6) is 0 Å². The molecule has 0 radical (unpaired) electrons. The molecule has 0 fully saturated rings. The molecule has 4 heteroatoms. The van der Waals surface area contributed by atoms with Crippen LogP contribution in [0.25, 0.3) is 11.5 Å². The molecule has 2 aromatic rings. The van der Waals surface area contributed by atoms with Crippen molar-refractivity contribution in [1.82, 2.24) is 4.37 Å². The number of fused-ring (bicyclic) bond motifs is 1. The first kappa shape index (κ1) is 9.78. The van der Waals surface area contributed by atoms with E-state index in [9.17, 15) is 4.79 Å². The maximum Gasteiger partial charge on any atom is 0.414 e. The molecule has 1 heterocycles. The lowest BCUT2D eigenvalue weighted by atomic mass is 9.90. The molecule has 0 saturated carbocycles. The van der Waals surface area contributed by atoms with Gasteiger partial charge in [0, 0.05) is 5.56 Å². The molecule has 0 spiro atoms. The molecular formula is C12H11NO2S. The number of hydrogen-bond acceptors (Lipinski definition) is 4. The third kappa shape index (κ3) is 1.69. The molecule has 0 atom stereocenters. The van der Waals surface area contributed by atoms with Gasteiger partial charge in [-0.25, -0.2) is 4.79 Å². The second kappa shape index (κ2) is 3.87. The smallest absolute Gasteiger partial charge is 0.394 e. The SMILES string of the molecule is O=c1oc(-c2ccc3c(c2)CCCC3)ns1. The first-order chi connectivity index (χ1) is 7.83. The summed E-state index contributed by atoms with van der Waals surface area (Å²) in [6.45, 7) is 0. The van der Waals surface area contributed by atoms with E-state index in [1.807, 2.05) is 6.07 Å². The van der Waals surface area contributed by atoms with Crippen molar-refractivity contribution in [2.24, 2.45) is 0 Å². The van der Waals surface area contributed by atoms with Gasteiger partial charge < -0.3 is 4.42 Å². The highest BCUT2D eigenvalue weighted by Crippen LogP contribution is 2.26. The Morgan fingerprint density at radius 2 is 2.00 bits per heavy atom. The van der Waals surface area contributed by atoms with Gasteiger partial charge in [-0.1, -0.05) is 6.07 Å². The lowest BCUT2D eigenvalue weighted by molar-refractivity contribution is 0.542. The molecule has 1 aromatic heterocycles. The van der Waals surface area contributed by atoms with E-state index in [1.54, 1.807) is 0 Å². The Hall–Kier alpha value is -1.42. The number of aromatic nitrogens is 1. The van der Waals surface area contributed by atoms with Crippen molar-refractivity contribution in [3.63, 3.8) is 0 Å². The molecular weight excluding hydrogens is 222 g/mol. The fourth-order valence-electron chi connectivity index (χ4n) is 2.17. The van der Waals surface area contributed by atoms with Crippen LogP contribution in [-0.4, -0.2) is 4.37 Å². The van der Waals surface area contributed by atoms with Gasteiger partial charge in [-0.2, -0.15) is 0 Å². The summed E-state index contributed by atoms with van der Waals surface area (Å²) in [5, 5.41) is 0. The Labute approximate surface area is 96.9 Å². The lowest BCUT2D eigenvalue weighted by Crippen LogP contribution is -2.02. The van der Waals surface area contributed by atoms with E-state index < -0.39 is 0 Å². The highest BCUT2D eigenvalue weighted by molar-refractivity contribution is 7.02. The van der Waals surface area contributed by atoms with Crippen molar-refractivity contribution in [1.29, 1.82) is 0 Å². The third-order valence-corrected chi connectivity index (χ3v) is 3.47. The first-order valence-corrected chi connectivity index (χ1v) is 6.19. The van der Waals surface area contributed by atoms with Gasteiger partial charge in [0.15, 0.2) is 0 Å². The topological polar surface area (TPSA) is 43.1 Å². The van der Waals surface area contributed by atoms with E-state index >= 15 is 0 Å². The number of rotatable bonds is 1. The van der Waals surface area contributed by atoms with Gasteiger partial charge in [-0.05, 0) is 48.9 Å². The Balaban J connectivity index is 2.06. The molecule has 0 unspecified atom stereocenters. The highest BCUT2D eigenvalue weighted by Gasteiger charge is 2.12.